The topological polar surface area (TPSA) is 105 Å². The second-order valence-electron chi connectivity index (χ2n) is 7.56. The van der Waals surface area contributed by atoms with Crippen molar-refractivity contribution in [2.45, 2.75) is 44.9 Å². The van der Waals surface area contributed by atoms with Gasteiger partial charge in [-0.15, -0.1) is 0 Å². The van der Waals surface area contributed by atoms with Crippen LogP contribution in [0.3, 0.4) is 0 Å². The standard InChI is InChI=1S/C18H22F3N7O2/c1-2-28-14-12(26-15(28)16(29)22-8-18(19,20)21)13(23-9-24-14)25-11-5-6-27(7-11)17(30)10-3-4-10/h9-11H,2-8H2,1H3,(H,22,29)(H,23,24,25). The van der Waals surface area contributed by atoms with Crippen molar-refractivity contribution in [2.75, 3.05) is 25.0 Å². The molecule has 2 N–H and O–H groups in total. The molecule has 2 aromatic rings. The van der Waals surface area contributed by atoms with Crippen molar-refractivity contribution < 1.29 is 22.8 Å². The lowest BCUT2D eigenvalue weighted by Crippen LogP contribution is -2.35. The summed E-state index contributed by atoms with van der Waals surface area (Å²) in [7, 11) is 0. The van der Waals surface area contributed by atoms with Gasteiger partial charge in [-0.3, -0.25) is 9.59 Å². The van der Waals surface area contributed by atoms with Crippen LogP contribution < -0.4 is 10.6 Å². The van der Waals surface area contributed by atoms with E-state index in [1.54, 1.807) is 6.92 Å². The fraction of sp³-hybridized carbons (Fsp3) is 0.611. The SMILES string of the molecule is CCn1c(C(=O)NCC(F)(F)F)nc2c(NC3CCN(C(=O)C4CC4)C3)ncnc21. The van der Waals surface area contributed by atoms with E-state index in [4.69, 9.17) is 0 Å². The highest BCUT2D eigenvalue weighted by molar-refractivity contribution is 5.96. The molecule has 0 aromatic carbocycles. The van der Waals surface area contributed by atoms with Crippen molar-refractivity contribution >= 4 is 28.8 Å². The summed E-state index contributed by atoms with van der Waals surface area (Å²) in [5.74, 6) is -0.348. The van der Waals surface area contributed by atoms with E-state index in [-0.39, 0.29) is 23.7 Å². The van der Waals surface area contributed by atoms with Crippen molar-refractivity contribution in [3.05, 3.63) is 12.2 Å². The molecule has 2 aliphatic rings. The van der Waals surface area contributed by atoms with E-state index in [0.29, 0.717) is 36.6 Å². The first-order valence-corrected chi connectivity index (χ1v) is 9.88. The molecule has 0 radical (unpaired) electrons. The van der Waals surface area contributed by atoms with Crippen molar-refractivity contribution in [3.63, 3.8) is 0 Å². The van der Waals surface area contributed by atoms with Crippen LogP contribution in [-0.2, 0) is 11.3 Å². The summed E-state index contributed by atoms with van der Waals surface area (Å²) in [6, 6.07) is -0.0277. The van der Waals surface area contributed by atoms with Crippen molar-refractivity contribution in [2.24, 2.45) is 5.92 Å². The highest BCUT2D eigenvalue weighted by atomic mass is 19.4. The number of aromatic nitrogens is 4. The summed E-state index contributed by atoms with van der Waals surface area (Å²) in [6.45, 7) is 1.82. The number of imidazole rings is 1. The van der Waals surface area contributed by atoms with Crippen LogP contribution in [0.15, 0.2) is 6.33 Å². The number of anilines is 1. The fourth-order valence-corrected chi connectivity index (χ4v) is 3.63. The van der Waals surface area contributed by atoms with E-state index in [1.807, 2.05) is 10.2 Å². The zero-order valence-corrected chi connectivity index (χ0v) is 16.4. The first-order chi connectivity index (χ1) is 14.3. The molecule has 3 heterocycles. The van der Waals surface area contributed by atoms with E-state index in [2.05, 4.69) is 20.3 Å². The van der Waals surface area contributed by atoms with Gasteiger partial charge in [0.05, 0.1) is 0 Å². The van der Waals surface area contributed by atoms with Crippen LogP contribution in [0.4, 0.5) is 19.0 Å². The second-order valence-corrected chi connectivity index (χ2v) is 7.56. The molecule has 1 atom stereocenters. The van der Waals surface area contributed by atoms with Crippen LogP contribution >= 0.6 is 0 Å². The Morgan fingerprint density at radius 2 is 2.00 bits per heavy atom. The van der Waals surface area contributed by atoms with Gasteiger partial charge in [-0.2, -0.15) is 13.2 Å². The third kappa shape index (κ3) is 4.17. The van der Waals surface area contributed by atoms with Gasteiger partial charge in [-0.05, 0) is 26.2 Å². The van der Waals surface area contributed by atoms with Crippen LogP contribution in [0.5, 0.6) is 0 Å². The van der Waals surface area contributed by atoms with Crippen molar-refractivity contribution in [1.82, 2.24) is 29.7 Å². The molecule has 30 heavy (non-hydrogen) atoms. The molecule has 9 nitrogen and oxygen atoms in total. The summed E-state index contributed by atoms with van der Waals surface area (Å²) in [4.78, 5) is 39.0. The maximum absolute atomic E-state index is 12.4. The lowest BCUT2D eigenvalue weighted by atomic mass is 10.2. The number of likely N-dealkylation sites (tertiary alicyclic amines) is 1. The summed E-state index contributed by atoms with van der Waals surface area (Å²) in [5, 5.41) is 5.10. The number of alkyl halides is 3. The number of amides is 2. The summed E-state index contributed by atoms with van der Waals surface area (Å²) in [5.41, 5.74) is 0.666. The smallest absolute Gasteiger partial charge is 0.364 e. The van der Waals surface area contributed by atoms with E-state index < -0.39 is 18.6 Å². The molecule has 0 bridgehead atoms. The van der Waals surface area contributed by atoms with Crippen LogP contribution in [0.25, 0.3) is 11.2 Å². The number of rotatable bonds is 6. The Morgan fingerprint density at radius 1 is 1.23 bits per heavy atom. The first-order valence-electron chi connectivity index (χ1n) is 9.88. The molecule has 2 aromatic heterocycles. The number of hydrogen-bond acceptors (Lipinski definition) is 6. The number of aryl methyl sites for hydroxylation is 1. The monoisotopic (exact) mass is 425 g/mol. The molecule has 2 amide bonds. The summed E-state index contributed by atoms with van der Waals surface area (Å²) >= 11 is 0. The van der Waals surface area contributed by atoms with E-state index in [0.717, 1.165) is 19.3 Å². The van der Waals surface area contributed by atoms with Crippen molar-refractivity contribution in [3.8, 4) is 0 Å². The molecule has 0 spiro atoms. The first kappa shape index (κ1) is 20.4. The number of carbonyl (C=O) groups excluding carboxylic acids is 2. The number of carbonyl (C=O) groups is 2. The Hall–Kier alpha value is -2.92. The predicted octanol–water partition coefficient (Wildman–Crippen LogP) is 1.56. The number of halogens is 3. The third-order valence-electron chi connectivity index (χ3n) is 5.27. The van der Waals surface area contributed by atoms with Crippen molar-refractivity contribution in [1.29, 1.82) is 0 Å². The fourth-order valence-electron chi connectivity index (χ4n) is 3.63. The van der Waals surface area contributed by atoms with Gasteiger partial charge < -0.3 is 20.1 Å². The van der Waals surface area contributed by atoms with Crippen LogP contribution in [0.1, 0.15) is 36.8 Å². The van der Waals surface area contributed by atoms with Gasteiger partial charge in [0.1, 0.15) is 12.9 Å². The average molecular weight is 425 g/mol. The maximum atomic E-state index is 12.4. The minimum absolute atomic E-state index is 0.0277. The van der Waals surface area contributed by atoms with E-state index >= 15 is 0 Å². The quantitative estimate of drug-likeness (QED) is 0.728. The molecule has 1 saturated heterocycles. The Kier molecular flexibility index (Phi) is 5.24. The highest BCUT2D eigenvalue weighted by Crippen LogP contribution is 2.32. The summed E-state index contributed by atoms with van der Waals surface area (Å²) < 4.78 is 38.8. The zero-order chi connectivity index (χ0) is 21.5. The van der Waals surface area contributed by atoms with Gasteiger partial charge in [0, 0.05) is 31.6 Å². The molecule has 1 aliphatic heterocycles. The molecule has 2 fully saturated rings. The molecule has 1 unspecified atom stereocenters. The van der Waals surface area contributed by atoms with Crippen LogP contribution in [-0.4, -0.2) is 68.1 Å². The highest BCUT2D eigenvalue weighted by Gasteiger charge is 2.37. The number of nitrogens with one attached hydrogen (secondary N) is 2. The normalized spacial score (nSPS) is 19.3. The van der Waals surface area contributed by atoms with Crippen LogP contribution in [0.2, 0.25) is 0 Å². The molecule has 1 saturated carbocycles. The Bertz CT molecular complexity index is 971. The Balaban J connectivity index is 1.54. The summed E-state index contributed by atoms with van der Waals surface area (Å²) in [6.07, 6.45) is -0.548. The zero-order valence-electron chi connectivity index (χ0n) is 16.4. The largest absolute Gasteiger partial charge is 0.405 e. The van der Waals surface area contributed by atoms with E-state index in [9.17, 15) is 22.8 Å². The minimum atomic E-state index is -4.52. The number of fused-ring (bicyclic) bond motifs is 1. The average Bonchev–Trinajstić information content (AvgIpc) is 3.32. The van der Waals surface area contributed by atoms with Crippen LogP contribution in [0, 0.1) is 5.92 Å². The lowest BCUT2D eigenvalue weighted by Gasteiger charge is -2.17. The number of nitrogens with zero attached hydrogens (tertiary/aromatic N) is 5. The third-order valence-corrected chi connectivity index (χ3v) is 5.27. The Labute approximate surface area is 170 Å². The molecule has 12 heteroatoms. The molecule has 162 valence electrons. The second kappa shape index (κ2) is 7.73. The Morgan fingerprint density at radius 3 is 2.67 bits per heavy atom. The molecular formula is C18H22F3N7O2. The molecule has 4 rings (SSSR count). The van der Waals surface area contributed by atoms with Gasteiger partial charge in [-0.1, -0.05) is 0 Å². The molecular weight excluding hydrogens is 403 g/mol. The van der Waals surface area contributed by atoms with Gasteiger partial charge in [-0.25, -0.2) is 15.0 Å². The predicted molar refractivity (Wildman–Crippen MR) is 101 cm³/mol. The maximum Gasteiger partial charge on any atom is 0.405 e. The molecule has 1 aliphatic carbocycles. The van der Waals surface area contributed by atoms with E-state index in [1.165, 1.54) is 10.9 Å². The van der Waals surface area contributed by atoms with Gasteiger partial charge in [0.2, 0.25) is 11.7 Å². The van der Waals surface area contributed by atoms with Gasteiger partial charge in [0.15, 0.2) is 17.0 Å². The minimum Gasteiger partial charge on any atom is -0.364 e. The lowest BCUT2D eigenvalue weighted by molar-refractivity contribution is -0.131. The van der Waals surface area contributed by atoms with Gasteiger partial charge in [0.25, 0.3) is 5.91 Å². The van der Waals surface area contributed by atoms with Gasteiger partial charge >= 0.3 is 6.18 Å². The number of hydrogen-bond donors (Lipinski definition) is 2.